The van der Waals surface area contributed by atoms with Gasteiger partial charge >= 0.3 is 5.97 Å². The van der Waals surface area contributed by atoms with Gasteiger partial charge in [-0.05, 0) is 77.9 Å². The van der Waals surface area contributed by atoms with Crippen molar-refractivity contribution in [2.75, 3.05) is 39.3 Å². The van der Waals surface area contributed by atoms with Crippen LogP contribution in [-0.2, 0) is 9.53 Å². The Morgan fingerprint density at radius 2 is 1.97 bits per heavy atom. The van der Waals surface area contributed by atoms with Gasteiger partial charge in [0, 0.05) is 19.8 Å². The van der Waals surface area contributed by atoms with Crippen LogP contribution in [0.1, 0.15) is 31.0 Å². The number of carbonyl (C=O) groups excluding carboxylic acids is 1. The summed E-state index contributed by atoms with van der Waals surface area (Å²) in [5.41, 5.74) is 3.23. The first-order valence-corrected chi connectivity index (χ1v) is 14.2. The van der Waals surface area contributed by atoms with Crippen LogP contribution in [0.2, 0.25) is 0 Å². The summed E-state index contributed by atoms with van der Waals surface area (Å²) in [6.07, 6.45) is 3.47. The Morgan fingerprint density at radius 3 is 2.59 bits per heavy atom. The zero-order valence-electron chi connectivity index (χ0n) is 22.5. The Hall–Kier alpha value is -3.38. The van der Waals surface area contributed by atoms with E-state index in [2.05, 4.69) is 34.2 Å². The lowest BCUT2D eigenvalue weighted by Gasteiger charge is -2.25. The minimum Gasteiger partial charge on any atom is -0.493 e. The number of fused-ring (bicyclic) bond motifs is 1. The molecule has 1 aliphatic rings. The largest absolute Gasteiger partial charge is 0.493 e. The van der Waals surface area contributed by atoms with E-state index in [0.29, 0.717) is 38.7 Å². The van der Waals surface area contributed by atoms with Gasteiger partial charge in [0.1, 0.15) is 6.61 Å². The van der Waals surface area contributed by atoms with E-state index in [9.17, 15) is 9.59 Å². The Bertz CT molecular complexity index is 1620. The monoisotopic (exact) mass is 659 g/mol. The van der Waals surface area contributed by atoms with Crippen LogP contribution in [0.15, 0.2) is 70.1 Å². The average molecular weight is 660 g/mol. The lowest BCUT2D eigenvalue weighted by atomic mass is 9.95. The molecule has 1 atom stereocenters. The second-order valence-electron chi connectivity index (χ2n) is 8.92. The van der Waals surface area contributed by atoms with E-state index in [4.69, 9.17) is 14.2 Å². The van der Waals surface area contributed by atoms with E-state index in [1.165, 1.54) is 11.3 Å². The molecule has 39 heavy (non-hydrogen) atoms. The number of thiazole rings is 1. The Balaban J connectivity index is 1.89. The molecule has 4 rings (SSSR count). The molecule has 0 spiro atoms. The number of hydrogen-bond donors (Lipinski definition) is 0. The third-order valence-electron chi connectivity index (χ3n) is 6.14. The maximum absolute atomic E-state index is 13.9. The summed E-state index contributed by atoms with van der Waals surface area (Å²) >= 11 is 3.46. The van der Waals surface area contributed by atoms with Gasteiger partial charge in [-0.2, -0.15) is 0 Å². The SMILES string of the molecule is C=CCOc1c(I)cc(C=c2sc3n(c2=O)[C@H](c2ccc(N(C)C)cc2)C(C(=O)OCC)=C(C)N=3)cc1OC. The molecule has 0 aliphatic carbocycles. The number of halogens is 1. The fourth-order valence-electron chi connectivity index (χ4n) is 4.32. The standard InChI is InChI=1S/C29H30IN3O5S/c1-7-13-38-26-21(30)14-18(15-22(26)36-6)16-23-27(34)33-25(19-9-11-20(12-10-19)32(4)5)24(28(35)37-8-2)17(3)31-29(33)39-23/h7,9-12,14-16,25H,1,8,13H2,2-6H3/t25-/m1/s1. The van der Waals surface area contributed by atoms with Crippen molar-refractivity contribution in [2.45, 2.75) is 19.9 Å². The van der Waals surface area contributed by atoms with Crippen molar-refractivity contribution in [3.05, 3.63) is 94.7 Å². The van der Waals surface area contributed by atoms with Crippen LogP contribution in [0.4, 0.5) is 5.69 Å². The molecule has 2 heterocycles. The number of rotatable bonds is 9. The van der Waals surface area contributed by atoms with E-state index in [0.717, 1.165) is 20.4 Å². The van der Waals surface area contributed by atoms with E-state index in [-0.39, 0.29) is 12.2 Å². The minimum absolute atomic E-state index is 0.222. The second kappa shape index (κ2) is 12.2. The molecule has 10 heteroatoms. The summed E-state index contributed by atoms with van der Waals surface area (Å²) < 4.78 is 19.6. The first kappa shape index (κ1) is 28.6. The van der Waals surface area contributed by atoms with Gasteiger partial charge < -0.3 is 19.1 Å². The van der Waals surface area contributed by atoms with Crippen molar-refractivity contribution in [1.82, 2.24) is 4.57 Å². The zero-order valence-corrected chi connectivity index (χ0v) is 25.5. The van der Waals surface area contributed by atoms with Crippen molar-refractivity contribution in [1.29, 1.82) is 0 Å². The number of allylic oxidation sites excluding steroid dienone is 1. The van der Waals surface area contributed by atoms with Crippen LogP contribution in [0, 0.1) is 3.57 Å². The fraction of sp³-hybridized carbons (Fsp3) is 0.276. The molecule has 1 aromatic heterocycles. The van der Waals surface area contributed by atoms with Gasteiger partial charge in [-0.3, -0.25) is 9.36 Å². The summed E-state index contributed by atoms with van der Waals surface area (Å²) in [5, 5.41) is 0. The molecule has 0 radical (unpaired) electrons. The Kier molecular flexibility index (Phi) is 8.96. The smallest absolute Gasteiger partial charge is 0.338 e. The molecule has 0 bridgehead atoms. The number of anilines is 1. The summed E-state index contributed by atoms with van der Waals surface area (Å²) in [5.74, 6) is 0.693. The van der Waals surface area contributed by atoms with Crippen LogP contribution >= 0.6 is 33.9 Å². The lowest BCUT2D eigenvalue weighted by molar-refractivity contribution is -0.139. The normalized spacial score (nSPS) is 14.9. The van der Waals surface area contributed by atoms with Crippen LogP contribution in [-0.4, -0.2) is 45.0 Å². The number of benzene rings is 2. The predicted molar refractivity (Wildman–Crippen MR) is 163 cm³/mol. The summed E-state index contributed by atoms with van der Waals surface area (Å²) in [4.78, 5) is 34.2. The molecule has 0 amide bonds. The first-order valence-electron chi connectivity index (χ1n) is 12.3. The Labute approximate surface area is 244 Å². The first-order chi connectivity index (χ1) is 18.7. The minimum atomic E-state index is -0.664. The molecule has 204 valence electrons. The molecule has 0 saturated heterocycles. The van der Waals surface area contributed by atoms with Gasteiger partial charge in [0.15, 0.2) is 16.3 Å². The van der Waals surface area contributed by atoms with E-state index in [1.807, 2.05) is 55.4 Å². The highest BCUT2D eigenvalue weighted by atomic mass is 127. The van der Waals surface area contributed by atoms with Crippen LogP contribution in [0.5, 0.6) is 11.5 Å². The molecule has 1 aliphatic heterocycles. The Morgan fingerprint density at radius 1 is 1.26 bits per heavy atom. The van der Waals surface area contributed by atoms with Gasteiger partial charge in [-0.25, -0.2) is 9.79 Å². The van der Waals surface area contributed by atoms with Gasteiger partial charge in [-0.1, -0.05) is 36.1 Å². The third kappa shape index (κ3) is 5.81. The molecule has 3 aromatic rings. The topological polar surface area (TPSA) is 82.4 Å². The van der Waals surface area contributed by atoms with E-state index < -0.39 is 12.0 Å². The van der Waals surface area contributed by atoms with Crippen molar-refractivity contribution in [3.8, 4) is 11.5 Å². The summed E-state index contributed by atoms with van der Waals surface area (Å²) in [6, 6.07) is 10.9. The predicted octanol–water partition coefficient (Wildman–Crippen LogP) is 4.04. The second-order valence-corrected chi connectivity index (χ2v) is 11.1. The number of ether oxygens (including phenoxy) is 3. The van der Waals surface area contributed by atoms with Crippen molar-refractivity contribution < 1.29 is 19.0 Å². The van der Waals surface area contributed by atoms with Gasteiger partial charge in [0.25, 0.3) is 5.56 Å². The average Bonchev–Trinajstić information content (AvgIpc) is 3.21. The van der Waals surface area contributed by atoms with E-state index >= 15 is 0 Å². The van der Waals surface area contributed by atoms with Gasteiger partial charge in [0.2, 0.25) is 0 Å². The number of aromatic nitrogens is 1. The molecular weight excluding hydrogens is 629 g/mol. The quantitative estimate of drug-likeness (QED) is 0.196. The molecule has 0 unspecified atom stereocenters. The highest BCUT2D eigenvalue weighted by molar-refractivity contribution is 14.1. The van der Waals surface area contributed by atoms with Crippen LogP contribution in [0.25, 0.3) is 6.08 Å². The van der Waals surface area contributed by atoms with Crippen LogP contribution in [0.3, 0.4) is 0 Å². The van der Waals surface area contributed by atoms with E-state index in [1.54, 1.807) is 37.7 Å². The number of esters is 1. The molecule has 0 saturated carbocycles. The van der Waals surface area contributed by atoms with Crippen LogP contribution < -0.4 is 29.3 Å². The molecule has 2 aromatic carbocycles. The van der Waals surface area contributed by atoms with Gasteiger partial charge in [0.05, 0.1) is 39.1 Å². The maximum Gasteiger partial charge on any atom is 0.338 e. The molecule has 8 nitrogen and oxygen atoms in total. The molecular formula is C29H30IN3O5S. The maximum atomic E-state index is 13.9. The number of nitrogens with zero attached hydrogens (tertiary/aromatic N) is 3. The van der Waals surface area contributed by atoms with Gasteiger partial charge in [-0.15, -0.1) is 0 Å². The number of hydrogen-bond acceptors (Lipinski definition) is 8. The highest BCUT2D eigenvalue weighted by Gasteiger charge is 2.33. The fourth-order valence-corrected chi connectivity index (χ4v) is 6.15. The van der Waals surface area contributed by atoms with Crippen molar-refractivity contribution in [3.63, 3.8) is 0 Å². The lowest BCUT2D eigenvalue weighted by Crippen LogP contribution is -2.39. The number of methoxy groups -OCH3 is 1. The zero-order chi connectivity index (χ0) is 28.3. The summed E-state index contributed by atoms with van der Waals surface area (Å²) in [7, 11) is 5.49. The number of carbonyl (C=O) groups is 1. The third-order valence-corrected chi connectivity index (χ3v) is 7.92. The molecule has 0 N–H and O–H groups in total. The summed E-state index contributed by atoms with van der Waals surface area (Å²) in [6.45, 7) is 7.80. The highest BCUT2D eigenvalue weighted by Crippen LogP contribution is 2.34. The molecule has 0 fully saturated rings. The van der Waals surface area contributed by atoms with Crippen molar-refractivity contribution >= 4 is 51.7 Å². The van der Waals surface area contributed by atoms with Crippen molar-refractivity contribution in [2.24, 2.45) is 4.99 Å².